The minimum Gasteiger partial charge on any atom is -0.497 e. The molecule has 0 aliphatic carbocycles. The molecule has 0 fully saturated rings. The van der Waals surface area contributed by atoms with Crippen LogP contribution in [0.2, 0.25) is 0 Å². The Morgan fingerprint density at radius 1 is 0.757 bits per heavy atom. The molecule has 4 aromatic rings. The van der Waals surface area contributed by atoms with Crippen molar-refractivity contribution in [3.05, 3.63) is 144 Å². The molecule has 37 heavy (non-hydrogen) atoms. The van der Waals surface area contributed by atoms with Crippen molar-refractivity contribution >= 4 is 21.3 Å². The number of hydrogen-bond acceptors (Lipinski definition) is 3. The first-order valence-corrected chi connectivity index (χ1v) is 13.7. The maximum Gasteiger partial charge on any atom is 0.264 e. The Hall–Kier alpha value is -4.09. The third-order valence-corrected chi connectivity index (χ3v) is 8.43. The van der Waals surface area contributed by atoms with Gasteiger partial charge in [-0.25, -0.2) is 8.42 Å². The SMILES string of the molecule is COc1ccc(C2=CC(c3ccccc3)CN(S(=O)(=O)c3ccc(C)cc3)C(c3ccccc3)=C2)cc1. The van der Waals surface area contributed by atoms with Crippen molar-refractivity contribution in [2.45, 2.75) is 17.7 Å². The summed E-state index contributed by atoms with van der Waals surface area (Å²) in [5.41, 5.74) is 5.49. The molecule has 0 spiro atoms. The van der Waals surface area contributed by atoms with Crippen LogP contribution in [0.5, 0.6) is 5.75 Å². The van der Waals surface area contributed by atoms with E-state index < -0.39 is 10.0 Å². The zero-order chi connectivity index (χ0) is 25.8. The highest BCUT2D eigenvalue weighted by Crippen LogP contribution is 2.37. The average Bonchev–Trinajstić information content (AvgIpc) is 3.16. The first kappa shape index (κ1) is 24.6. The molecular weight excluding hydrogens is 478 g/mol. The fourth-order valence-electron chi connectivity index (χ4n) is 4.58. The number of nitrogens with zero attached hydrogens (tertiary/aromatic N) is 1. The van der Waals surface area contributed by atoms with Crippen LogP contribution in [0, 0.1) is 6.92 Å². The minimum atomic E-state index is -3.84. The maximum absolute atomic E-state index is 14.2. The molecule has 0 bridgehead atoms. The Balaban J connectivity index is 1.72. The Morgan fingerprint density at radius 3 is 2.00 bits per heavy atom. The second-order valence-electron chi connectivity index (χ2n) is 9.11. The smallest absolute Gasteiger partial charge is 0.264 e. The number of aryl methyl sites for hydroxylation is 1. The summed E-state index contributed by atoms with van der Waals surface area (Å²) in [6.07, 6.45) is 4.16. The molecule has 5 heteroatoms. The Labute approximate surface area is 219 Å². The van der Waals surface area contributed by atoms with E-state index in [-0.39, 0.29) is 17.4 Å². The van der Waals surface area contributed by atoms with Crippen molar-refractivity contribution in [1.82, 2.24) is 4.31 Å². The van der Waals surface area contributed by atoms with Crippen molar-refractivity contribution in [2.75, 3.05) is 13.7 Å². The molecule has 1 aliphatic rings. The van der Waals surface area contributed by atoms with E-state index in [2.05, 4.69) is 18.2 Å². The van der Waals surface area contributed by atoms with E-state index in [0.717, 1.165) is 33.6 Å². The molecule has 1 unspecified atom stereocenters. The van der Waals surface area contributed by atoms with Crippen molar-refractivity contribution in [1.29, 1.82) is 0 Å². The van der Waals surface area contributed by atoms with Gasteiger partial charge in [-0.3, -0.25) is 4.31 Å². The van der Waals surface area contributed by atoms with Gasteiger partial charge in [-0.05, 0) is 59.5 Å². The first-order chi connectivity index (χ1) is 18.0. The Morgan fingerprint density at radius 2 is 1.38 bits per heavy atom. The fraction of sp³-hybridized carbons (Fsp3) is 0.125. The highest BCUT2D eigenvalue weighted by atomic mass is 32.2. The van der Waals surface area contributed by atoms with Crippen LogP contribution in [-0.2, 0) is 10.0 Å². The van der Waals surface area contributed by atoms with Gasteiger partial charge < -0.3 is 4.74 Å². The lowest BCUT2D eigenvalue weighted by atomic mass is 9.94. The molecule has 4 aromatic carbocycles. The lowest BCUT2D eigenvalue weighted by molar-refractivity contribution is 0.415. The van der Waals surface area contributed by atoms with Gasteiger partial charge >= 0.3 is 0 Å². The van der Waals surface area contributed by atoms with Gasteiger partial charge in [0.25, 0.3) is 10.0 Å². The summed E-state index contributed by atoms with van der Waals surface area (Å²) < 4.78 is 35.3. The molecule has 186 valence electrons. The van der Waals surface area contributed by atoms with E-state index in [1.807, 2.05) is 97.9 Å². The van der Waals surface area contributed by atoms with E-state index in [0.29, 0.717) is 5.70 Å². The largest absolute Gasteiger partial charge is 0.497 e. The molecule has 4 nitrogen and oxygen atoms in total. The van der Waals surface area contributed by atoms with Crippen LogP contribution in [0.4, 0.5) is 0 Å². The highest BCUT2D eigenvalue weighted by molar-refractivity contribution is 7.89. The number of rotatable bonds is 6. The van der Waals surface area contributed by atoms with Gasteiger partial charge in [-0.2, -0.15) is 0 Å². The van der Waals surface area contributed by atoms with Gasteiger partial charge in [-0.15, -0.1) is 0 Å². The lowest BCUT2D eigenvalue weighted by Crippen LogP contribution is -2.32. The number of sulfonamides is 1. The van der Waals surface area contributed by atoms with Crippen LogP contribution in [-0.4, -0.2) is 26.4 Å². The van der Waals surface area contributed by atoms with E-state index in [4.69, 9.17) is 4.74 Å². The summed E-state index contributed by atoms with van der Waals surface area (Å²) in [5.74, 6) is 0.615. The summed E-state index contributed by atoms with van der Waals surface area (Å²) in [4.78, 5) is 0.277. The van der Waals surface area contributed by atoms with E-state index in [1.165, 1.54) is 0 Å². The molecule has 0 amide bonds. The van der Waals surface area contributed by atoms with Gasteiger partial charge in [0.2, 0.25) is 0 Å². The van der Waals surface area contributed by atoms with Gasteiger partial charge in [0.05, 0.1) is 17.7 Å². The summed E-state index contributed by atoms with van der Waals surface area (Å²) in [7, 11) is -2.20. The Bertz CT molecular complexity index is 1520. The van der Waals surface area contributed by atoms with Crippen molar-refractivity contribution in [3.8, 4) is 5.75 Å². The third-order valence-electron chi connectivity index (χ3n) is 6.63. The normalized spacial score (nSPS) is 15.9. The molecule has 0 saturated carbocycles. The van der Waals surface area contributed by atoms with Crippen molar-refractivity contribution in [2.24, 2.45) is 0 Å². The molecule has 1 heterocycles. The van der Waals surface area contributed by atoms with Crippen LogP contribution < -0.4 is 4.74 Å². The molecule has 1 aliphatic heterocycles. The predicted molar refractivity (Wildman–Crippen MR) is 150 cm³/mol. The van der Waals surface area contributed by atoms with Crippen LogP contribution in [0.25, 0.3) is 11.3 Å². The molecule has 0 radical (unpaired) electrons. The van der Waals surface area contributed by atoms with Crippen LogP contribution >= 0.6 is 0 Å². The van der Waals surface area contributed by atoms with Crippen molar-refractivity contribution < 1.29 is 13.2 Å². The quantitative estimate of drug-likeness (QED) is 0.285. The highest BCUT2D eigenvalue weighted by Gasteiger charge is 2.32. The van der Waals surface area contributed by atoms with Gasteiger partial charge in [0.15, 0.2) is 0 Å². The molecule has 1 atom stereocenters. The molecule has 0 saturated heterocycles. The standard InChI is InChI=1S/C32H29NO3S/c1-24-13-19-31(20-14-24)37(34,35)33-23-29(25-9-5-3-6-10-25)21-28(26-15-17-30(36-2)18-16-26)22-32(33)27-11-7-4-8-12-27/h3-22,29H,23H2,1-2H3. The second-order valence-corrected chi connectivity index (χ2v) is 11.0. The zero-order valence-corrected chi connectivity index (χ0v) is 21.7. The molecule has 0 aromatic heterocycles. The number of methoxy groups -OCH3 is 1. The van der Waals surface area contributed by atoms with Gasteiger partial charge in [0.1, 0.15) is 5.75 Å². The molecular formula is C32H29NO3S. The monoisotopic (exact) mass is 507 g/mol. The molecule has 5 rings (SSSR count). The van der Waals surface area contributed by atoms with Crippen LogP contribution in [0.3, 0.4) is 0 Å². The van der Waals surface area contributed by atoms with Gasteiger partial charge in [-0.1, -0.05) is 96.6 Å². The Kier molecular flexibility index (Phi) is 6.97. The van der Waals surface area contributed by atoms with E-state index in [9.17, 15) is 8.42 Å². The minimum absolute atomic E-state index is 0.156. The van der Waals surface area contributed by atoms with E-state index >= 15 is 0 Å². The summed E-state index contributed by atoms with van der Waals surface area (Å²) in [5, 5.41) is 0. The fourth-order valence-corrected chi connectivity index (χ4v) is 6.09. The summed E-state index contributed by atoms with van der Waals surface area (Å²) in [6, 6.07) is 34.7. The topological polar surface area (TPSA) is 46.6 Å². The van der Waals surface area contributed by atoms with E-state index in [1.54, 1.807) is 23.5 Å². The molecule has 0 N–H and O–H groups in total. The second kappa shape index (κ2) is 10.5. The van der Waals surface area contributed by atoms with Crippen molar-refractivity contribution in [3.63, 3.8) is 0 Å². The summed E-state index contributed by atoms with van der Waals surface area (Å²) in [6.45, 7) is 2.23. The number of benzene rings is 4. The van der Waals surface area contributed by atoms with Gasteiger partial charge in [0, 0.05) is 12.5 Å². The number of ether oxygens (including phenoxy) is 1. The summed E-state index contributed by atoms with van der Waals surface area (Å²) >= 11 is 0. The van der Waals surface area contributed by atoms with Crippen LogP contribution in [0.1, 0.15) is 28.2 Å². The van der Waals surface area contributed by atoms with Crippen LogP contribution in [0.15, 0.2) is 126 Å². The number of hydrogen-bond donors (Lipinski definition) is 0. The zero-order valence-electron chi connectivity index (χ0n) is 20.9. The predicted octanol–water partition coefficient (Wildman–Crippen LogP) is 6.92. The average molecular weight is 508 g/mol. The number of allylic oxidation sites excluding steroid dienone is 2. The maximum atomic E-state index is 14.2. The third kappa shape index (κ3) is 5.23. The lowest BCUT2D eigenvalue weighted by Gasteiger charge is -2.29. The first-order valence-electron chi connectivity index (χ1n) is 12.2.